The Morgan fingerprint density at radius 2 is 1.77 bits per heavy atom. The quantitative estimate of drug-likeness (QED) is 0.398. The molecule has 152 valence electrons. The summed E-state index contributed by atoms with van der Waals surface area (Å²) in [6, 6.07) is 18.2. The zero-order valence-electron chi connectivity index (χ0n) is 16.2. The molecule has 0 atom stereocenters. The number of rotatable bonds is 6. The highest BCUT2D eigenvalue weighted by atomic mass is 35.5. The summed E-state index contributed by atoms with van der Waals surface area (Å²) >= 11 is 11.9. The van der Waals surface area contributed by atoms with E-state index in [4.69, 9.17) is 27.9 Å². The first-order valence-electron chi connectivity index (χ1n) is 9.48. The molecule has 2 aromatic carbocycles. The number of amides is 1. The van der Waals surface area contributed by atoms with Crippen LogP contribution < -0.4 is 10.1 Å². The number of halogens is 2. The van der Waals surface area contributed by atoms with E-state index in [0.29, 0.717) is 45.9 Å². The number of aryl methyl sites for hydroxylation is 1. The molecule has 0 saturated heterocycles. The molecule has 5 nitrogen and oxygen atoms in total. The number of nitrogens with zero attached hydrogens (tertiary/aromatic N) is 2. The molecular weight excluding hydrogens is 421 g/mol. The summed E-state index contributed by atoms with van der Waals surface area (Å²) in [5.74, 6) is 0.484. The van der Waals surface area contributed by atoms with Crippen LogP contribution >= 0.6 is 23.2 Å². The van der Waals surface area contributed by atoms with Crippen LogP contribution in [0.4, 0.5) is 5.69 Å². The second-order valence-electron chi connectivity index (χ2n) is 6.73. The fraction of sp³-hybridized carbons (Fsp3) is 0.130. The number of benzene rings is 2. The molecule has 0 aliphatic heterocycles. The van der Waals surface area contributed by atoms with Crippen molar-refractivity contribution in [2.75, 3.05) is 5.32 Å². The van der Waals surface area contributed by atoms with Crippen molar-refractivity contribution in [3.8, 4) is 5.75 Å². The molecule has 2 aromatic heterocycles. The predicted octanol–water partition coefficient (Wildman–Crippen LogP) is 6.03. The number of imidazole rings is 1. The van der Waals surface area contributed by atoms with Gasteiger partial charge in [-0.05, 0) is 54.4 Å². The van der Waals surface area contributed by atoms with E-state index in [1.54, 1.807) is 34.9 Å². The van der Waals surface area contributed by atoms with Gasteiger partial charge in [0.2, 0.25) is 0 Å². The van der Waals surface area contributed by atoms with Gasteiger partial charge in [-0.15, -0.1) is 0 Å². The number of fused-ring (bicyclic) bond motifs is 1. The number of hydrogen-bond acceptors (Lipinski definition) is 3. The van der Waals surface area contributed by atoms with Gasteiger partial charge in [-0.3, -0.25) is 9.20 Å². The van der Waals surface area contributed by atoms with Gasteiger partial charge in [-0.25, -0.2) is 4.98 Å². The number of nitrogens with one attached hydrogen (secondary N) is 1. The average Bonchev–Trinajstić information content (AvgIpc) is 3.12. The fourth-order valence-corrected chi connectivity index (χ4v) is 3.41. The standard InChI is InChI=1S/C23H19Cl2N3O2/c1-2-20-22(28-12-11-17(25)13-21(28)27-20)23(29)26-18-7-9-19(10-8-18)30-14-15-3-5-16(24)6-4-15/h3-13H,2,14H2,1H3,(H,26,29). The second-order valence-corrected chi connectivity index (χ2v) is 7.60. The molecule has 30 heavy (non-hydrogen) atoms. The summed E-state index contributed by atoms with van der Waals surface area (Å²) in [6.45, 7) is 2.40. The van der Waals surface area contributed by atoms with E-state index >= 15 is 0 Å². The average molecular weight is 440 g/mol. The first kappa shape index (κ1) is 20.3. The Balaban J connectivity index is 1.46. The number of pyridine rings is 1. The minimum absolute atomic E-state index is 0.225. The molecule has 0 aliphatic carbocycles. The second kappa shape index (κ2) is 8.78. The Hall–Kier alpha value is -3.02. The monoisotopic (exact) mass is 439 g/mol. The molecule has 1 amide bonds. The molecular formula is C23H19Cl2N3O2. The highest BCUT2D eigenvalue weighted by molar-refractivity contribution is 6.31. The van der Waals surface area contributed by atoms with Gasteiger partial charge in [0.1, 0.15) is 23.7 Å². The van der Waals surface area contributed by atoms with Gasteiger partial charge in [0.15, 0.2) is 0 Å². The van der Waals surface area contributed by atoms with Crippen LogP contribution in [0.1, 0.15) is 28.7 Å². The third kappa shape index (κ3) is 4.42. The number of carbonyl (C=O) groups is 1. The summed E-state index contributed by atoms with van der Waals surface area (Å²) in [7, 11) is 0. The minimum Gasteiger partial charge on any atom is -0.489 e. The van der Waals surface area contributed by atoms with E-state index in [-0.39, 0.29) is 5.91 Å². The van der Waals surface area contributed by atoms with Crippen molar-refractivity contribution in [1.29, 1.82) is 0 Å². The molecule has 0 unspecified atom stereocenters. The van der Waals surface area contributed by atoms with Crippen molar-refractivity contribution in [3.05, 3.63) is 93.9 Å². The molecule has 2 heterocycles. The molecule has 1 N–H and O–H groups in total. The number of ether oxygens (including phenoxy) is 1. The molecule has 0 bridgehead atoms. The highest BCUT2D eigenvalue weighted by Gasteiger charge is 2.18. The van der Waals surface area contributed by atoms with Crippen LogP contribution in [0.25, 0.3) is 5.65 Å². The summed E-state index contributed by atoms with van der Waals surface area (Å²) < 4.78 is 7.54. The molecule has 0 saturated carbocycles. The van der Waals surface area contributed by atoms with Crippen molar-refractivity contribution < 1.29 is 9.53 Å². The molecule has 0 spiro atoms. The van der Waals surface area contributed by atoms with Crippen LogP contribution in [-0.4, -0.2) is 15.3 Å². The van der Waals surface area contributed by atoms with Crippen LogP contribution in [0.2, 0.25) is 10.0 Å². The number of aromatic nitrogens is 2. The first-order valence-corrected chi connectivity index (χ1v) is 10.2. The summed E-state index contributed by atoms with van der Waals surface area (Å²) in [5, 5.41) is 4.20. The summed E-state index contributed by atoms with van der Waals surface area (Å²) in [6.07, 6.45) is 2.39. The summed E-state index contributed by atoms with van der Waals surface area (Å²) in [4.78, 5) is 17.4. The number of anilines is 1. The van der Waals surface area contributed by atoms with Crippen molar-refractivity contribution >= 4 is 40.4 Å². The fourth-order valence-electron chi connectivity index (χ4n) is 3.13. The van der Waals surface area contributed by atoms with Gasteiger partial charge in [0, 0.05) is 28.0 Å². The molecule has 4 aromatic rings. The lowest BCUT2D eigenvalue weighted by Gasteiger charge is -2.09. The van der Waals surface area contributed by atoms with E-state index in [1.165, 1.54) is 0 Å². The Morgan fingerprint density at radius 3 is 2.47 bits per heavy atom. The van der Waals surface area contributed by atoms with Gasteiger partial charge in [-0.2, -0.15) is 0 Å². The van der Waals surface area contributed by atoms with Gasteiger partial charge in [0.25, 0.3) is 5.91 Å². The molecule has 7 heteroatoms. The van der Waals surface area contributed by atoms with Crippen molar-refractivity contribution in [2.24, 2.45) is 0 Å². The van der Waals surface area contributed by atoms with E-state index in [0.717, 1.165) is 11.3 Å². The lowest BCUT2D eigenvalue weighted by molar-refractivity contribution is 0.102. The Kier molecular flexibility index (Phi) is 5.93. The topological polar surface area (TPSA) is 55.6 Å². The zero-order chi connectivity index (χ0) is 21.1. The maximum atomic E-state index is 12.9. The van der Waals surface area contributed by atoms with Crippen molar-refractivity contribution in [2.45, 2.75) is 20.0 Å². The normalized spacial score (nSPS) is 10.9. The van der Waals surface area contributed by atoms with Crippen molar-refractivity contribution in [3.63, 3.8) is 0 Å². The minimum atomic E-state index is -0.225. The number of carbonyl (C=O) groups excluding carboxylic acids is 1. The maximum Gasteiger partial charge on any atom is 0.274 e. The molecule has 0 radical (unpaired) electrons. The van der Waals surface area contributed by atoms with E-state index < -0.39 is 0 Å². The number of hydrogen-bond donors (Lipinski definition) is 1. The van der Waals surface area contributed by atoms with Crippen LogP contribution in [0, 0.1) is 0 Å². The van der Waals surface area contributed by atoms with E-state index in [2.05, 4.69) is 10.3 Å². The van der Waals surface area contributed by atoms with E-state index in [9.17, 15) is 4.79 Å². The highest BCUT2D eigenvalue weighted by Crippen LogP contribution is 2.21. The van der Waals surface area contributed by atoms with E-state index in [1.807, 2.05) is 43.3 Å². The Labute approximate surface area is 184 Å². The van der Waals surface area contributed by atoms with Gasteiger partial charge < -0.3 is 10.1 Å². The Bertz CT molecular complexity index is 1190. The third-order valence-corrected chi connectivity index (χ3v) is 5.13. The van der Waals surface area contributed by atoms with Crippen LogP contribution in [-0.2, 0) is 13.0 Å². The van der Waals surface area contributed by atoms with Crippen molar-refractivity contribution in [1.82, 2.24) is 9.38 Å². The summed E-state index contributed by atoms with van der Waals surface area (Å²) in [5.41, 5.74) is 3.57. The lowest BCUT2D eigenvalue weighted by atomic mass is 10.2. The molecule has 0 fully saturated rings. The smallest absolute Gasteiger partial charge is 0.274 e. The maximum absolute atomic E-state index is 12.9. The van der Waals surface area contributed by atoms with Crippen LogP contribution in [0.15, 0.2) is 66.9 Å². The lowest BCUT2D eigenvalue weighted by Crippen LogP contribution is -2.16. The van der Waals surface area contributed by atoms with Gasteiger partial charge >= 0.3 is 0 Å². The molecule has 0 aliphatic rings. The third-order valence-electron chi connectivity index (χ3n) is 4.64. The predicted molar refractivity (Wildman–Crippen MR) is 120 cm³/mol. The van der Waals surface area contributed by atoms with Gasteiger partial charge in [0.05, 0.1) is 5.69 Å². The van der Waals surface area contributed by atoms with Crippen LogP contribution in [0.3, 0.4) is 0 Å². The van der Waals surface area contributed by atoms with Gasteiger partial charge in [-0.1, -0.05) is 42.3 Å². The Morgan fingerprint density at radius 1 is 1.03 bits per heavy atom. The largest absolute Gasteiger partial charge is 0.489 e. The van der Waals surface area contributed by atoms with Crippen LogP contribution in [0.5, 0.6) is 5.75 Å². The molecule has 4 rings (SSSR count). The SMILES string of the molecule is CCc1nc2cc(Cl)ccn2c1C(=O)Nc1ccc(OCc2ccc(Cl)cc2)cc1. The first-order chi connectivity index (χ1) is 14.5. The zero-order valence-corrected chi connectivity index (χ0v) is 17.7.